The fourth-order valence-electron chi connectivity index (χ4n) is 5.66. The summed E-state index contributed by atoms with van der Waals surface area (Å²) in [5.74, 6) is 0.394. The van der Waals surface area contributed by atoms with Crippen LogP contribution in [0.25, 0.3) is 0 Å². The molecule has 7 heteroatoms. The Kier molecular flexibility index (Phi) is 11.8. The summed E-state index contributed by atoms with van der Waals surface area (Å²) in [5.41, 5.74) is 1.18. The van der Waals surface area contributed by atoms with Crippen LogP contribution >= 0.6 is 11.3 Å². The lowest BCUT2D eigenvalue weighted by Gasteiger charge is -2.35. The van der Waals surface area contributed by atoms with Gasteiger partial charge in [0.05, 0.1) is 36.6 Å². The number of carbonyl (C=O) groups is 2. The summed E-state index contributed by atoms with van der Waals surface area (Å²) in [6.45, 7) is 9.16. The quantitative estimate of drug-likeness (QED) is 0.324. The first-order valence-corrected chi connectivity index (χ1v) is 14.9. The highest BCUT2D eigenvalue weighted by Gasteiger charge is 2.41. The summed E-state index contributed by atoms with van der Waals surface area (Å²) in [7, 11) is 3.35. The van der Waals surface area contributed by atoms with Gasteiger partial charge >= 0.3 is 0 Å². The molecular weight excluding hydrogens is 496 g/mol. The minimum absolute atomic E-state index is 0.0503. The number of hydrogen-bond acceptors (Lipinski definition) is 5. The molecule has 210 valence electrons. The van der Waals surface area contributed by atoms with Gasteiger partial charge in [-0.05, 0) is 48.1 Å². The minimum atomic E-state index is -0.408. The van der Waals surface area contributed by atoms with Gasteiger partial charge in [-0.25, -0.2) is 0 Å². The molecule has 7 unspecified atom stereocenters. The maximum atomic E-state index is 13.6. The first-order valence-electron chi connectivity index (χ1n) is 14.0. The highest BCUT2D eigenvalue weighted by atomic mass is 32.1. The molecule has 2 amide bonds. The van der Waals surface area contributed by atoms with Gasteiger partial charge in [-0.3, -0.25) is 9.59 Å². The Morgan fingerprint density at radius 3 is 2.42 bits per heavy atom. The van der Waals surface area contributed by atoms with E-state index in [1.807, 2.05) is 41.5 Å². The van der Waals surface area contributed by atoms with E-state index >= 15 is 0 Å². The van der Waals surface area contributed by atoms with Crippen molar-refractivity contribution >= 4 is 23.2 Å². The van der Waals surface area contributed by atoms with Crippen LogP contribution in [0.3, 0.4) is 0 Å². The molecule has 0 radical (unpaired) electrons. The SMILES string of the molecule is CCC(C)C(C)C(CC(=O)N1CCCC1C(OC)C(C)C(=O)NC(Cc1ccccc1)c1cccs1)OC. The van der Waals surface area contributed by atoms with E-state index in [0.29, 0.717) is 18.9 Å². The Balaban J connectivity index is 1.70. The smallest absolute Gasteiger partial charge is 0.226 e. The molecule has 2 aromatic rings. The molecule has 7 atom stereocenters. The van der Waals surface area contributed by atoms with Crippen molar-refractivity contribution < 1.29 is 19.1 Å². The van der Waals surface area contributed by atoms with E-state index in [0.717, 1.165) is 30.6 Å². The molecule has 1 aromatic heterocycles. The number of nitrogens with one attached hydrogen (secondary N) is 1. The van der Waals surface area contributed by atoms with Crippen molar-refractivity contribution in [3.05, 3.63) is 58.3 Å². The Morgan fingerprint density at radius 1 is 1.08 bits per heavy atom. The molecule has 0 saturated carbocycles. The van der Waals surface area contributed by atoms with E-state index in [1.54, 1.807) is 25.6 Å². The van der Waals surface area contributed by atoms with Gasteiger partial charge in [-0.1, -0.05) is 70.5 Å². The third kappa shape index (κ3) is 7.67. The number of likely N-dealkylation sites (tertiary alicyclic amines) is 1. The van der Waals surface area contributed by atoms with Gasteiger partial charge in [0.1, 0.15) is 0 Å². The van der Waals surface area contributed by atoms with Crippen LogP contribution in [-0.4, -0.2) is 55.7 Å². The molecule has 1 aromatic carbocycles. The van der Waals surface area contributed by atoms with Crippen molar-refractivity contribution in [3.63, 3.8) is 0 Å². The first kappa shape index (κ1) is 30.3. The number of ether oxygens (including phenoxy) is 2. The Morgan fingerprint density at radius 2 is 1.82 bits per heavy atom. The maximum absolute atomic E-state index is 13.6. The van der Waals surface area contributed by atoms with Crippen molar-refractivity contribution in [1.29, 1.82) is 0 Å². The zero-order valence-electron chi connectivity index (χ0n) is 23.9. The number of amides is 2. The van der Waals surface area contributed by atoms with Crippen molar-refractivity contribution in [2.75, 3.05) is 20.8 Å². The van der Waals surface area contributed by atoms with Crippen molar-refractivity contribution in [2.24, 2.45) is 17.8 Å². The summed E-state index contributed by atoms with van der Waals surface area (Å²) in [6, 6.07) is 14.1. The monoisotopic (exact) mass is 542 g/mol. The third-order valence-electron chi connectivity index (χ3n) is 8.47. The molecule has 1 N–H and O–H groups in total. The molecule has 6 nitrogen and oxygen atoms in total. The van der Waals surface area contributed by atoms with E-state index in [1.165, 1.54) is 5.56 Å². The number of rotatable bonds is 14. The number of benzene rings is 1. The van der Waals surface area contributed by atoms with Crippen LogP contribution in [0.2, 0.25) is 0 Å². The Bertz CT molecular complexity index is 983. The van der Waals surface area contributed by atoms with E-state index in [2.05, 4.69) is 44.3 Å². The topological polar surface area (TPSA) is 67.9 Å². The second kappa shape index (κ2) is 14.8. The molecule has 1 saturated heterocycles. The zero-order valence-corrected chi connectivity index (χ0v) is 24.7. The fourth-order valence-corrected chi connectivity index (χ4v) is 6.44. The van der Waals surface area contributed by atoms with Crippen molar-refractivity contribution in [3.8, 4) is 0 Å². The summed E-state index contributed by atoms with van der Waals surface area (Å²) in [6.07, 6.45) is 3.37. The molecule has 2 heterocycles. The molecule has 3 rings (SSSR count). The van der Waals surface area contributed by atoms with Crippen LogP contribution in [0.5, 0.6) is 0 Å². The fraction of sp³-hybridized carbons (Fsp3) is 0.613. The summed E-state index contributed by atoms with van der Waals surface area (Å²) < 4.78 is 11.7. The number of carbonyl (C=O) groups excluding carboxylic acids is 2. The Hall–Kier alpha value is -2.22. The number of methoxy groups -OCH3 is 2. The number of thiophene rings is 1. The van der Waals surface area contributed by atoms with Gasteiger partial charge in [0, 0.05) is 25.6 Å². The molecule has 1 fully saturated rings. The van der Waals surface area contributed by atoms with Crippen LogP contribution in [0.15, 0.2) is 47.8 Å². The summed E-state index contributed by atoms with van der Waals surface area (Å²) >= 11 is 1.65. The number of nitrogens with zero attached hydrogens (tertiary/aromatic N) is 1. The van der Waals surface area contributed by atoms with Crippen LogP contribution in [-0.2, 0) is 25.5 Å². The molecule has 0 aliphatic carbocycles. The van der Waals surface area contributed by atoms with Crippen LogP contribution in [0.4, 0.5) is 0 Å². The zero-order chi connectivity index (χ0) is 27.7. The standard InChI is InChI=1S/C31H46N2O4S/c1-7-21(2)22(3)27(36-5)20-29(34)33-17-11-15-26(33)30(37-6)23(4)31(35)32-25(28-16-12-18-38-28)19-24-13-9-8-10-14-24/h8-10,12-14,16,18,21-23,25-27,30H,7,11,15,17,19-20H2,1-6H3,(H,32,35). The third-order valence-corrected chi connectivity index (χ3v) is 9.46. The van der Waals surface area contributed by atoms with Gasteiger partial charge in [0.25, 0.3) is 0 Å². The highest BCUT2D eigenvalue weighted by Crippen LogP contribution is 2.30. The summed E-state index contributed by atoms with van der Waals surface area (Å²) in [4.78, 5) is 30.1. The largest absolute Gasteiger partial charge is 0.381 e. The molecule has 1 aliphatic heterocycles. The molecular formula is C31H46N2O4S. The van der Waals surface area contributed by atoms with Crippen LogP contribution < -0.4 is 5.32 Å². The van der Waals surface area contributed by atoms with Crippen molar-refractivity contribution in [1.82, 2.24) is 10.2 Å². The van der Waals surface area contributed by atoms with E-state index in [4.69, 9.17) is 9.47 Å². The Labute approximate surface area is 233 Å². The van der Waals surface area contributed by atoms with Gasteiger partial charge in [0.15, 0.2) is 0 Å². The van der Waals surface area contributed by atoms with Crippen LogP contribution in [0, 0.1) is 17.8 Å². The number of hydrogen-bond donors (Lipinski definition) is 1. The molecule has 0 bridgehead atoms. The lowest BCUT2D eigenvalue weighted by atomic mass is 9.87. The van der Waals surface area contributed by atoms with Gasteiger partial charge in [-0.2, -0.15) is 0 Å². The average Bonchev–Trinajstić information content (AvgIpc) is 3.64. The van der Waals surface area contributed by atoms with Crippen LogP contribution in [0.1, 0.15) is 69.9 Å². The first-order chi connectivity index (χ1) is 18.3. The maximum Gasteiger partial charge on any atom is 0.226 e. The van der Waals surface area contributed by atoms with E-state index in [9.17, 15) is 9.59 Å². The summed E-state index contributed by atoms with van der Waals surface area (Å²) in [5, 5.41) is 5.33. The molecule has 0 spiro atoms. The second-order valence-corrected chi connectivity index (χ2v) is 11.8. The minimum Gasteiger partial charge on any atom is -0.381 e. The van der Waals surface area contributed by atoms with Crippen molar-refractivity contribution in [2.45, 2.75) is 84.1 Å². The van der Waals surface area contributed by atoms with Gasteiger partial charge in [0.2, 0.25) is 11.8 Å². The van der Waals surface area contributed by atoms with E-state index < -0.39 is 5.92 Å². The average molecular weight is 543 g/mol. The molecule has 38 heavy (non-hydrogen) atoms. The normalized spacial score (nSPS) is 20.4. The predicted octanol–water partition coefficient (Wildman–Crippen LogP) is 5.88. The predicted molar refractivity (Wildman–Crippen MR) is 154 cm³/mol. The van der Waals surface area contributed by atoms with E-state index in [-0.39, 0.29) is 42.0 Å². The van der Waals surface area contributed by atoms with Gasteiger partial charge < -0.3 is 19.7 Å². The highest BCUT2D eigenvalue weighted by molar-refractivity contribution is 7.10. The lowest BCUT2D eigenvalue weighted by molar-refractivity contribution is -0.142. The lowest BCUT2D eigenvalue weighted by Crippen LogP contribution is -2.50. The van der Waals surface area contributed by atoms with Gasteiger partial charge in [-0.15, -0.1) is 11.3 Å². The second-order valence-electron chi connectivity index (χ2n) is 10.8. The molecule has 1 aliphatic rings.